The van der Waals surface area contributed by atoms with E-state index in [9.17, 15) is 0 Å². The molecule has 2 aliphatic rings. The van der Waals surface area contributed by atoms with E-state index in [0.29, 0.717) is 0 Å². The van der Waals surface area contributed by atoms with Crippen molar-refractivity contribution in [2.75, 3.05) is 0 Å². The van der Waals surface area contributed by atoms with Crippen LogP contribution in [0.1, 0.15) is 5.56 Å². The Kier molecular flexibility index (Phi) is 2.97. The van der Waals surface area contributed by atoms with E-state index in [2.05, 4.69) is 60.7 Å². The molecule has 2 aliphatic heterocycles. The van der Waals surface area contributed by atoms with Gasteiger partial charge in [-0.15, -0.1) is 0 Å². The van der Waals surface area contributed by atoms with Gasteiger partial charge in [0.25, 0.3) is 0 Å². The van der Waals surface area contributed by atoms with Crippen molar-refractivity contribution in [3.8, 4) is 5.75 Å². The van der Waals surface area contributed by atoms with Gasteiger partial charge in [-0.25, -0.2) is 0 Å². The topological polar surface area (TPSA) is 9.23 Å². The summed E-state index contributed by atoms with van der Waals surface area (Å²) in [6, 6.07) is 24.8. The van der Waals surface area contributed by atoms with Gasteiger partial charge in [-0.1, -0.05) is 60.7 Å². The molecule has 0 spiro atoms. The molecule has 0 unspecified atom stereocenters. The van der Waals surface area contributed by atoms with Crippen molar-refractivity contribution < 1.29 is 4.74 Å². The normalized spacial score (nSPS) is 11.6. The summed E-state index contributed by atoms with van der Waals surface area (Å²) in [5.74, 6) is 0.986. The zero-order valence-corrected chi connectivity index (χ0v) is 10.0. The predicted octanol–water partition coefficient (Wildman–Crippen LogP) is 4.42. The molecule has 0 amide bonds. The molecular formula is C17H14O. The van der Waals surface area contributed by atoms with Crippen LogP contribution in [0.25, 0.3) is 10.8 Å². The Morgan fingerprint density at radius 1 is 0.611 bits per heavy atom. The molecule has 0 fully saturated rings. The minimum atomic E-state index is 0.766. The van der Waals surface area contributed by atoms with Crippen LogP contribution in [-0.2, 0) is 6.61 Å². The lowest BCUT2D eigenvalue weighted by Crippen LogP contribution is -2.00. The summed E-state index contributed by atoms with van der Waals surface area (Å²) >= 11 is 0. The molecule has 0 saturated carbocycles. The van der Waals surface area contributed by atoms with Gasteiger partial charge in [0.15, 0.2) is 0 Å². The van der Waals surface area contributed by atoms with Gasteiger partial charge in [-0.3, -0.25) is 0 Å². The first-order chi connectivity index (χ1) is 8.92. The van der Waals surface area contributed by atoms with Crippen molar-refractivity contribution in [3.63, 3.8) is 0 Å². The van der Waals surface area contributed by atoms with Gasteiger partial charge < -0.3 is 4.74 Å². The highest BCUT2D eigenvalue weighted by Gasteiger charge is 2.01. The highest BCUT2D eigenvalue weighted by Crippen LogP contribution is 2.19. The number of rotatable bonds is 0. The monoisotopic (exact) mass is 234 g/mol. The molecule has 2 bridgehead atoms. The molecule has 0 aliphatic carbocycles. The van der Waals surface area contributed by atoms with Gasteiger partial charge in [0, 0.05) is 0 Å². The Labute approximate surface area is 107 Å². The van der Waals surface area contributed by atoms with E-state index in [-0.39, 0.29) is 0 Å². The van der Waals surface area contributed by atoms with Crippen LogP contribution >= 0.6 is 0 Å². The Morgan fingerprint density at radius 2 is 1.11 bits per heavy atom. The summed E-state index contributed by atoms with van der Waals surface area (Å²) in [6.07, 6.45) is 0. The molecule has 1 nitrogen and oxygen atoms in total. The molecular weight excluding hydrogens is 220 g/mol. The quantitative estimate of drug-likeness (QED) is 0.559. The molecule has 88 valence electrons. The number of ether oxygens (including phenoxy) is 1. The molecule has 5 rings (SSSR count). The lowest BCUT2D eigenvalue weighted by Gasteiger charge is -2.11. The van der Waals surface area contributed by atoms with Crippen LogP contribution in [0.2, 0.25) is 0 Å². The van der Waals surface area contributed by atoms with Gasteiger partial charge in [0.2, 0.25) is 0 Å². The first-order valence-corrected chi connectivity index (χ1v) is 6.07. The summed E-state index contributed by atoms with van der Waals surface area (Å²) in [5.41, 5.74) is 1.26. The molecule has 2 heterocycles. The minimum Gasteiger partial charge on any atom is -0.489 e. The first-order valence-electron chi connectivity index (χ1n) is 6.07. The average molecular weight is 234 g/mol. The highest BCUT2D eigenvalue weighted by atomic mass is 16.5. The lowest BCUT2D eigenvalue weighted by atomic mass is 10.1. The lowest BCUT2D eigenvalue weighted by molar-refractivity contribution is 0.295. The van der Waals surface area contributed by atoms with Crippen LogP contribution in [0.4, 0.5) is 0 Å². The largest absolute Gasteiger partial charge is 0.489 e. The van der Waals surface area contributed by atoms with Crippen LogP contribution in [0.15, 0.2) is 72.8 Å². The predicted molar refractivity (Wildman–Crippen MR) is 74.7 cm³/mol. The average Bonchev–Trinajstić information content (AvgIpc) is 2.50. The van der Waals surface area contributed by atoms with Crippen LogP contribution in [-0.4, -0.2) is 0 Å². The smallest absolute Gasteiger partial charge is 0.119 e. The summed E-state index contributed by atoms with van der Waals surface area (Å²) in [6.45, 7) is 0.766. The van der Waals surface area contributed by atoms with Crippen LogP contribution in [0.5, 0.6) is 5.75 Å². The van der Waals surface area contributed by atoms with Crippen molar-refractivity contribution >= 4 is 10.8 Å². The van der Waals surface area contributed by atoms with Crippen molar-refractivity contribution in [1.82, 2.24) is 0 Å². The standard InChI is InChI=1S/C10H8.C7H6O/c1-2-6-10-8-4-3-7-9(10)5-1;1-3-7-4-2-6(1)5-8-7/h1-8H;1-4H,5H2. The van der Waals surface area contributed by atoms with Gasteiger partial charge in [-0.2, -0.15) is 0 Å². The van der Waals surface area contributed by atoms with Crippen LogP contribution in [0.3, 0.4) is 0 Å². The van der Waals surface area contributed by atoms with Crippen LogP contribution < -0.4 is 4.74 Å². The Morgan fingerprint density at radius 3 is 1.33 bits per heavy atom. The van der Waals surface area contributed by atoms with Crippen molar-refractivity contribution in [2.45, 2.75) is 6.61 Å². The molecule has 18 heavy (non-hydrogen) atoms. The molecule has 0 radical (unpaired) electrons. The van der Waals surface area contributed by atoms with Gasteiger partial charge in [0.1, 0.15) is 12.4 Å². The number of fused-ring (bicyclic) bond motifs is 4. The third-order valence-electron chi connectivity index (χ3n) is 2.99. The van der Waals surface area contributed by atoms with E-state index in [1.54, 1.807) is 0 Å². The number of hydrogen-bond acceptors (Lipinski definition) is 1. The zero-order chi connectivity index (χ0) is 12.2. The van der Waals surface area contributed by atoms with Gasteiger partial charge in [-0.05, 0) is 28.5 Å². The SMILES string of the molecule is c1cc2ccc1CO2.c1ccc2ccccc2c1. The second-order valence-corrected chi connectivity index (χ2v) is 4.28. The number of hydrogen-bond donors (Lipinski definition) is 0. The molecule has 0 N–H and O–H groups in total. The van der Waals surface area contributed by atoms with E-state index in [1.165, 1.54) is 16.3 Å². The van der Waals surface area contributed by atoms with Crippen molar-refractivity contribution in [3.05, 3.63) is 78.4 Å². The fourth-order valence-electron chi connectivity index (χ4n) is 1.98. The minimum absolute atomic E-state index is 0.766. The van der Waals surface area contributed by atoms with Crippen LogP contribution in [0, 0.1) is 0 Å². The second kappa shape index (κ2) is 4.92. The number of benzene rings is 3. The highest BCUT2D eigenvalue weighted by molar-refractivity contribution is 5.81. The Bertz CT molecular complexity index is 553. The summed E-state index contributed by atoms with van der Waals surface area (Å²) in [7, 11) is 0. The van der Waals surface area contributed by atoms with Gasteiger partial charge in [0.05, 0.1) is 0 Å². The Balaban J connectivity index is 0.000000114. The van der Waals surface area contributed by atoms with E-state index < -0.39 is 0 Å². The summed E-state index contributed by atoms with van der Waals surface area (Å²) in [4.78, 5) is 0. The Hall–Kier alpha value is -2.28. The maximum atomic E-state index is 5.18. The fraction of sp³-hybridized carbons (Fsp3) is 0.0588. The summed E-state index contributed by atoms with van der Waals surface area (Å²) in [5, 5.41) is 2.62. The molecule has 0 aromatic heterocycles. The van der Waals surface area contributed by atoms with E-state index in [4.69, 9.17) is 4.74 Å². The fourth-order valence-corrected chi connectivity index (χ4v) is 1.98. The van der Waals surface area contributed by atoms with E-state index in [0.717, 1.165) is 12.4 Å². The molecule has 3 aromatic rings. The first kappa shape index (κ1) is 10.8. The maximum absolute atomic E-state index is 5.18. The van der Waals surface area contributed by atoms with Crippen molar-refractivity contribution in [1.29, 1.82) is 0 Å². The van der Waals surface area contributed by atoms with E-state index in [1.807, 2.05) is 12.1 Å². The molecule has 0 atom stereocenters. The van der Waals surface area contributed by atoms with E-state index >= 15 is 0 Å². The zero-order valence-electron chi connectivity index (χ0n) is 10.0. The second-order valence-electron chi connectivity index (χ2n) is 4.28. The van der Waals surface area contributed by atoms with Crippen molar-refractivity contribution in [2.24, 2.45) is 0 Å². The molecule has 3 aromatic carbocycles. The summed E-state index contributed by atoms with van der Waals surface area (Å²) < 4.78 is 5.18. The third-order valence-corrected chi connectivity index (χ3v) is 2.99. The third kappa shape index (κ3) is 2.35. The maximum Gasteiger partial charge on any atom is 0.119 e. The molecule has 0 saturated heterocycles. The van der Waals surface area contributed by atoms with Gasteiger partial charge >= 0.3 is 0 Å². The molecule has 1 heteroatoms.